The van der Waals surface area contributed by atoms with E-state index in [-0.39, 0.29) is 11.8 Å². The lowest BCUT2D eigenvalue weighted by molar-refractivity contribution is -0.115. The lowest BCUT2D eigenvalue weighted by Crippen LogP contribution is -2.19. The molecule has 2 N–H and O–H groups in total. The number of amides is 2. The lowest BCUT2D eigenvalue weighted by Gasteiger charge is -2.16. The number of thioether (sulfide) groups is 1. The summed E-state index contributed by atoms with van der Waals surface area (Å²) in [6.45, 7) is 1.84. The number of nitrogens with zero attached hydrogens (tertiary/aromatic N) is 2. The van der Waals surface area contributed by atoms with Crippen molar-refractivity contribution in [1.82, 2.24) is 10.2 Å². The molecule has 156 valence electrons. The van der Waals surface area contributed by atoms with Crippen LogP contribution in [0.1, 0.15) is 25.5 Å². The zero-order chi connectivity index (χ0) is 21.6. The Morgan fingerprint density at radius 1 is 0.968 bits per heavy atom. The van der Waals surface area contributed by atoms with E-state index in [1.807, 2.05) is 73.0 Å². The van der Waals surface area contributed by atoms with Crippen LogP contribution in [0, 0.1) is 6.92 Å². The third-order valence-electron chi connectivity index (χ3n) is 4.19. The lowest BCUT2D eigenvalue weighted by atomic mass is 10.1. The molecule has 0 aliphatic rings. The van der Waals surface area contributed by atoms with Gasteiger partial charge in [0.15, 0.2) is 0 Å². The number of carbonyl (C=O) groups excluding carboxylic acids is 2. The number of thiophene rings is 1. The summed E-state index contributed by atoms with van der Waals surface area (Å²) in [5, 5.41) is 16.4. The number of aryl methyl sites for hydroxylation is 1. The molecule has 0 aliphatic heterocycles. The van der Waals surface area contributed by atoms with Crippen molar-refractivity contribution in [2.24, 2.45) is 0 Å². The second-order valence-corrected chi connectivity index (χ2v) is 9.79. The first-order chi connectivity index (χ1) is 15.1. The third kappa shape index (κ3) is 5.57. The fraction of sp³-hybridized carbons (Fsp3) is 0.0909. The van der Waals surface area contributed by atoms with Gasteiger partial charge in [-0.3, -0.25) is 14.9 Å². The summed E-state index contributed by atoms with van der Waals surface area (Å²) in [5.74, 6) is -0.332. The van der Waals surface area contributed by atoms with E-state index in [2.05, 4.69) is 20.8 Å². The summed E-state index contributed by atoms with van der Waals surface area (Å²) < 4.78 is 0. The number of hydrogen-bond donors (Lipinski definition) is 2. The minimum absolute atomic E-state index is 0.152. The van der Waals surface area contributed by atoms with Gasteiger partial charge in [0.1, 0.15) is 10.3 Å². The Bertz CT molecular complexity index is 1180. The molecule has 4 rings (SSSR count). The zero-order valence-corrected chi connectivity index (χ0v) is 18.9. The maximum Gasteiger partial charge on any atom is 0.265 e. The van der Waals surface area contributed by atoms with Gasteiger partial charge in [0.2, 0.25) is 11.0 Å². The van der Waals surface area contributed by atoms with E-state index >= 15 is 0 Å². The Labute approximate surface area is 191 Å². The Kier molecular flexibility index (Phi) is 6.76. The number of hydrogen-bond acceptors (Lipinski definition) is 7. The highest BCUT2D eigenvalue weighted by molar-refractivity contribution is 8.00. The maximum absolute atomic E-state index is 13.1. The summed E-state index contributed by atoms with van der Waals surface area (Å²) >= 11 is 4.13. The van der Waals surface area contributed by atoms with Crippen LogP contribution in [0.25, 0.3) is 0 Å². The third-order valence-corrected chi connectivity index (χ3v) is 7.06. The minimum atomic E-state index is -0.492. The van der Waals surface area contributed by atoms with E-state index in [1.54, 1.807) is 6.07 Å². The number of benzene rings is 2. The minimum Gasteiger partial charge on any atom is -0.321 e. The molecule has 31 heavy (non-hydrogen) atoms. The number of carbonyl (C=O) groups is 2. The maximum atomic E-state index is 13.1. The molecule has 0 aliphatic carbocycles. The SMILES string of the molecule is Cc1nnc(NC(=O)C(Sc2cccc(NC(=O)c3cccs3)c2)c2ccccc2)s1. The molecule has 1 atom stereocenters. The first-order valence-electron chi connectivity index (χ1n) is 9.36. The topological polar surface area (TPSA) is 84.0 Å². The summed E-state index contributed by atoms with van der Waals surface area (Å²) in [6, 6.07) is 20.7. The molecule has 0 saturated heterocycles. The average Bonchev–Trinajstić information content (AvgIpc) is 3.45. The first kappa shape index (κ1) is 21.2. The summed E-state index contributed by atoms with van der Waals surface area (Å²) in [5.41, 5.74) is 1.55. The van der Waals surface area contributed by atoms with E-state index in [1.165, 1.54) is 34.4 Å². The normalized spacial score (nSPS) is 11.6. The molecule has 9 heteroatoms. The van der Waals surface area contributed by atoms with Crippen molar-refractivity contribution in [2.45, 2.75) is 17.1 Å². The number of rotatable bonds is 7. The highest BCUT2D eigenvalue weighted by Crippen LogP contribution is 2.37. The highest BCUT2D eigenvalue weighted by Gasteiger charge is 2.23. The van der Waals surface area contributed by atoms with Crippen molar-refractivity contribution in [3.05, 3.63) is 87.6 Å². The Hall–Kier alpha value is -3.01. The van der Waals surface area contributed by atoms with E-state index in [0.29, 0.717) is 15.7 Å². The average molecular weight is 467 g/mol. The van der Waals surface area contributed by atoms with E-state index in [0.717, 1.165) is 15.5 Å². The largest absolute Gasteiger partial charge is 0.321 e. The van der Waals surface area contributed by atoms with Crippen LogP contribution in [-0.4, -0.2) is 22.0 Å². The van der Waals surface area contributed by atoms with Crippen LogP contribution in [0.5, 0.6) is 0 Å². The van der Waals surface area contributed by atoms with E-state index in [9.17, 15) is 9.59 Å². The van der Waals surface area contributed by atoms with Crippen LogP contribution in [0.15, 0.2) is 77.0 Å². The monoisotopic (exact) mass is 466 g/mol. The van der Waals surface area contributed by atoms with Crippen LogP contribution < -0.4 is 10.6 Å². The predicted octanol–water partition coefficient (Wildman–Crippen LogP) is 5.63. The Morgan fingerprint density at radius 3 is 2.52 bits per heavy atom. The fourth-order valence-electron chi connectivity index (χ4n) is 2.80. The van der Waals surface area contributed by atoms with Crippen LogP contribution in [-0.2, 0) is 4.79 Å². The van der Waals surface area contributed by atoms with Crippen molar-refractivity contribution in [3.8, 4) is 0 Å². The van der Waals surface area contributed by atoms with Crippen molar-refractivity contribution in [2.75, 3.05) is 10.6 Å². The molecule has 2 amide bonds. The molecule has 6 nitrogen and oxygen atoms in total. The zero-order valence-electron chi connectivity index (χ0n) is 16.4. The van der Waals surface area contributed by atoms with E-state index in [4.69, 9.17) is 0 Å². The van der Waals surface area contributed by atoms with Crippen LogP contribution >= 0.6 is 34.4 Å². The van der Waals surface area contributed by atoms with Gasteiger partial charge in [-0.15, -0.1) is 33.3 Å². The number of aromatic nitrogens is 2. The Morgan fingerprint density at radius 2 is 1.81 bits per heavy atom. The summed E-state index contributed by atoms with van der Waals surface area (Å²) in [7, 11) is 0. The van der Waals surface area contributed by atoms with Crippen molar-refractivity contribution < 1.29 is 9.59 Å². The molecule has 2 heterocycles. The van der Waals surface area contributed by atoms with Gasteiger partial charge in [-0.25, -0.2) is 0 Å². The molecule has 0 spiro atoms. The molecular formula is C22H18N4O2S3. The van der Waals surface area contributed by atoms with Crippen molar-refractivity contribution >= 4 is 57.1 Å². The van der Waals surface area contributed by atoms with E-state index < -0.39 is 5.25 Å². The summed E-state index contributed by atoms with van der Waals surface area (Å²) in [6.07, 6.45) is 0. The predicted molar refractivity (Wildman–Crippen MR) is 127 cm³/mol. The molecule has 0 radical (unpaired) electrons. The van der Waals surface area contributed by atoms with Gasteiger partial charge in [0, 0.05) is 10.6 Å². The second kappa shape index (κ2) is 9.86. The summed E-state index contributed by atoms with van der Waals surface area (Å²) in [4.78, 5) is 27.0. The van der Waals surface area contributed by atoms with Gasteiger partial charge >= 0.3 is 0 Å². The number of anilines is 2. The van der Waals surface area contributed by atoms with Crippen LogP contribution in [0.2, 0.25) is 0 Å². The molecule has 1 unspecified atom stereocenters. The molecular weight excluding hydrogens is 448 g/mol. The first-order valence-corrected chi connectivity index (χ1v) is 11.9. The quantitative estimate of drug-likeness (QED) is 0.345. The molecule has 4 aromatic rings. The highest BCUT2D eigenvalue weighted by atomic mass is 32.2. The fourth-order valence-corrected chi connectivity index (χ4v) is 5.10. The van der Waals surface area contributed by atoms with Gasteiger partial charge in [-0.2, -0.15) is 0 Å². The van der Waals surface area contributed by atoms with Crippen molar-refractivity contribution in [3.63, 3.8) is 0 Å². The molecule has 0 bridgehead atoms. The molecule has 2 aromatic carbocycles. The van der Waals surface area contributed by atoms with Crippen LogP contribution in [0.4, 0.5) is 10.8 Å². The molecule has 0 fully saturated rings. The second-order valence-electron chi connectivity index (χ2n) is 6.48. The van der Waals surface area contributed by atoms with Crippen LogP contribution in [0.3, 0.4) is 0 Å². The van der Waals surface area contributed by atoms with Gasteiger partial charge in [0.05, 0.1) is 4.88 Å². The molecule has 2 aromatic heterocycles. The Balaban J connectivity index is 1.54. The van der Waals surface area contributed by atoms with Gasteiger partial charge in [-0.1, -0.05) is 53.8 Å². The molecule has 0 saturated carbocycles. The van der Waals surface area contributed by atoms with Crippen molar-refractivity contribution in [1.29, 1.82) is 0 Å². The van der Waals surface area contributed by atoms with Gasteiger partial charge < -0.3 is 5.32 Å². The van der Waals surface area contributed by atoms with Gasteiger partial charge in [0.25, 0.3) is 5.91 Å². The number of nitrogens with one attached hydrogen (secondary N) is 2. The standard InChI is InChI=1S/C22H18N4O2S3/c1-14-25-26-22(30-14)24-21(28)19(15-7-3-2-4-8-15)31-17-10-5-9-16(13-17)23-20(27)18-11-6-12-29-18/h2-13,19H,1H3,(H,23,27)(H,24,26,28). The van der Waals surface area contributed by atoms with Gasteiger partial charge in [-0.05, 0) is 42.1 Å². The smallest absolute Gasteiger partial charge is 0.265 e.